The number of ether oxygens (including phenoxy) is 2. The van der Waals surface area contributed by atoms with E-state index in [2.05, 4.69) is 9.47 Å². The van der Waals surface area contributed by atoms with Gasteiger partial charge in [-0.15, -0.1) is 0 Å². The summed E-state index contributed by atoms with van der Waals surface area (Å²) < 4.78 is 44.7. The summed E-state index contributed by atoms with van der Waals surface area (Å²) in [5, 5.41) is 0. The van der Waals surface area contributed by atoms with Crippen LogP contribution in [0.3, 0.4) is 0 Å². The van der Waals surface area contributed by atoms with Gasteiger partial charge < -0.3 is 9.47 Å². The van der Waals surface area contributed by atoms with Crippen molar-refractivity contribution in [1.29, 1.82) is 0 Å². The lowest BCUT2D eigenvalue weighted by atomic mass is 10.1. The number of unbranched alkanes of at least 4 members (excludes halogenated alkanes) is 3. The fourth-order valence-electron chi connectivity index (χ4n) is 1.24. The number of rotatable bonds is 6. The molecule has 0 aromatic rings. The number of hydrogen-bond donors (Lipinski definition) is 0. The van der Waals surface area contributed by atoms with E-state index in [0.29, 0.717) is 6.42 Å². The molecule has 0 N–H and O–H groups in total. The molecule has 0 aromatic carbocycles. The molecule has 1 unspecified atom stereocenters. The third-order valence-electron chi connectivity index (χ3n) is 2.10. The molecule has 0 aromatic heterocycles. The lowest BCUT2D eigenvalue weighted by Gasteiger charge is -2.11. The van der Waals surface area contributed by atoms with Crippen LogP contribution in [0, 0.1) is 11.8 Å². The first kappa shape index (κ1) is 16.6. The zero-order valence-electron chi connectivity index (χ0n) is 10.5. The average molecular weight is 266 g/mol. The third kappa shape index (κ3) is 9.82. The number of halogens is 3. The molecule has 0 aliphatic heterocycles. The summed E-state index contributed by atoms with van der Waals surface area (Å²) in [6.07, 6.45) is -2.89. The lowest BCUT2D eigenvalue weighted by Crippen LogP contribution is -2.17. The maximum atomic E-state index is 11.9. The molecule has 6 heteroatoms. The van der Waals surface area contributed by atoms with E-state index in [4.69, 9.17) is 0 Å². The topological polar surface area (TPSA) is 35.5 Å². The predicted octanol–water partition coefficient (Wildman–Crippen LogP) is 3.67. The van der Waals surface area contributed by atoms with Gasteiger partial charge in [-0.3, -0.25) is 0 Å². The normalized spacial score (nSPS) is 12.3. The summed E-state index contributed by atoms with van der Waals surface area (Å²) in [5.41, 5.74) is 0. The van der Waals surface area contributed by atoms with Gasteiger partial charge in [-0.2, -0.15) is 13.2 Å². The van der Waals surface area contributed by atoms with Gasteiger partial charge in [-0.1, -0.05) is 26.2 Å². The molecule has 0 amide bonds. The highest BCUT2D eigenvalue weighted by Gasteiger charge is 2.24. The van der Waals surface area contributed by atoms with Crippen molar-refractivity contribution in [2.75, 3.05) is 7.11 Å². The highest BCUT2D eigenvalue weighted by atomic mass is 19.4. The summed E-state index contributed by atoms with van der Waals surface area (Å²) in [6, 6.07) is 0. The monoisotopic (exact) mass is 266 g/mol. The maximum absolute atomic E-state index is 11.9. The number of carbonyl (C=O) groups excluding carboxylic acids is 1. The fourth-order valence-corrected chi connectivity index (χ4v) is 1.24. The van der Waals surface area contributed by atoms with Gasteiger partial charge in [0.2, 0.25) is 0 Å². The average Bonchev–Trinajstić information content (AvgIpc) is 2.29. The van der Waals surface area contributed by atoms with Crippen molar-refractivity contribution in [3.8, 4) is 11.8 Å². The van der Waals surface area contributed by atoms with E-state index in [0.717, 1.165) is 32.3 Å². The van der Waals surface area contributed by atoms with E-state index in [-0.39, 0.29) is 6.42 Å². The van der Waals surface area contributed by atoms with Crippen LogP contribution in [-0.2, 0) is 9.47 Å². The van der Waals surface area contributed by atoms with Crippen LogP contribution in [0.2, 0.25) is 0 Å². The summed E-state index contributed by atoms with van der Waals surface area (Å²) in [7, 11) is 1.09. The molecular weight excluding hydrogens is 249 g/mol. The van der Waals surface area contributed by atoms with Crippen molar-refractivity contribution in [2.45, 2.75) is 51.3 Å². The minimum atomic E-state index is -4.58. The molecule has 0 spiro atoms. The van der Waals surface area contributed by atoms with E-state index >= 15 is 0 Å². The SMILES string of the molecule is CCCCCCC(C#CC(F)(F)F)OC(=O)OC. The minimum absolute atomic E-state index is 0.276. The van der Waals surface area contributed by atoms with Crippen LogP contribution < -0.4 is 0 Å². The summed E-state index contributed by atoms with van der Waals surface area (Å²) >= 11 is 0. The zero-order chi connectivity index (χ0) is 14.0. The molecule has 0 rings (SSSR count). The molecule has 1 atom stereocenters. The van der Waals surface area contributed by atoms with Crippen molar-refractivity contribution in [2.24, 2.45) is 0 Å². The Kier molecular flexibility index (Phi) is 8.01. The Hall–Kier alpha value is -1.38. The van der Waals surface area contributed by atoms with E-state index in [1.165, 1.54) is 0 Å². The number of methoxy groups -OCH3 is 1. The molecule has 0 heterocycles. The Bertz CT molecular complexity index is 302. The first-order chi connectivity index (χ1) is 8.39. The highest BCUT2D eigenvalue weighted by molar-refractivity contribution is 5.60. The van der Waals surface area contributed by atoms with E-state index in [1.807, 2.05) is 12.8 Å². The first-order valence-electron chi connectivity index (χ1n) is 5.73. The molecule has 0 bridgehead atoms. The van der Waals surface area contributed by atoms with Crippen LogP contribution in [0.1, 0.15) is 39.0 Å². The number of carbonyl (C=O) groups is 1. The molecule has 0 saturated carbocycles. The molecule has 0 aliphatic carbocycles. The Labute approximate surface area is 105 Å². The van der Waals surface area contributed by atoms with Crippen molar-refractivity contribution >= 4 is 6.16 Å². The molecule has 104 valence electrons. The van der Waals surface area contributed by atoms with Gasteiger partial charge in [0.1, 0.15) is 0 Å². The van der Waals surface area contributed by atoms with Crippen molar-refractivity contribution < 1.29 is 27.4 Å². The number of alkyl halides is 3. The molecule has 0 fully saturated rings. The van der Waals surface area contributed by atoms with Crippen molar-refractivity contribution in [3.63, 3.8) is 0 Å². The van der Waals surface area contributed by atoms with E-state index in [1.54, 1.807) is 0 Å². The van der Waals surface area contributed by atoms with Crippen LogP contribution in [0.5, 0.6) is 0 Å². The molecule has 3 nitrogen and oxygen atoms in total. The first-order valence-corrected chi connectivity index (χ1v) is 5.73. The van der Waals surface area contributed by atoms with Crippen LogP contribution in [0.15, 0.2) is 0 Å². The Morgan fingerprint density at radius 3 is 2.44 bits per heavy atom. The smallest absolute Gasteiger partial charge is 0.438 e. The van der Waals surface area contributed by atoms with Crippen LogP contribution in [0.25, 0.3) is 0 Å². The minimum Gasteiger partial charge on any atom is -0.438 e. The standard InChI is InChI=1S/C12H17F3O3/c1-3-4-5-6-7-10(18-11(16)17-2)8-9-12(13,14)15/h10H,3-7H2,1-2H3. The lowest BCUT2D eigenvalue weighted by molar-refractivity contribution is -0.0701. The Morgan fingerprint density at radius 2 is 1.94 bits per heavy atom. The third-order valence-corrected chi connectivity index (χ3v) is 2.10. The molecule has 0 radical (unpaired) electrons. The Morgan fingerprint density at radius 1 is 1.28 bits per heavy atom. The van der Waals surface area contributed by atoms with Gasteiger partial charge in [0.15, 0.2) is 6.10 Å². The summed E-state index contributed by atoms with van der Waals surface area (Å²) in [6.45, 7) is 2.02. The van der Waals surface area contributed by atoms with Crippen LogP contribution in [0.4, 0.5) is 18.0 Å². The zero-order valence-corrected chi connectivity index (χ0v) is 10.5. The van der Waals surface area contributed by atoms with Crippen molar-refractivity contribution in [3.05, 3.63) is 0 Å². The van der Waals surface area contributed by atoms with Crippen LogP contribution >= 0.6 is 0 Å². The van der Waals surface area contributed by atoms with Gasteiger partial charge in [0, 0.05) is 5.92 Å². The van der Waals surface area contributed by atoms with E-state index < -0.39 is 18.4 Å². The second-order valence-corrected chi connectivity index (χ2v) is 3.68. The highest BCUT2D eigenvalue weighted by Crippen LogP contribution is 2.14. The second kappa shape index (κ2) is 8.67. The fraction of sp³-hybridized carbons (Fsp3) is 0.750. The maximum Gasteiger partial charge on any atom is 0.509 e. The van der Waals surface area contributed by atoms with Gasteiger partial charge in [-0.05, 0) is 18.8 Å². The summed E-state index contributed by atoms with van der Waals surface area (Å²) in [4.78, 5) is 10.8. The molecule has 0 saturated heterocycles. The van der Waals surface area contributed by atoms with Crippen molar-refractivity contribution in [1.82, 2.24) is 0 Å². The number of hydrogen-bond acceptors (Lipinski definition) is 3. The predicted molar refractivity (Wildman–Crippen MR) is 59.9 cm³/mol. The van der Waals surface area contributed by atoms with Gasteiger partial charge in [-0.25, -0.2) is 4.79 Å². The Balaban J connectivity index is 4.32. The molecule has 0 aliphatic rings. The van der Waals surface area contributed by atoms with Gasteiger partial charge in [0.25, 0.3) is 0 Å². The quantitative estimate of drug-likeness (QED) is 0.418. The largest absolute Gasteiger partial charge is 0.509 e. The van der Waals surface area contributed by atoms with Gasteiger partial charge in [0.05, 0.1) is 7.11 Å². The second-order valence-electron chi connectivity index (χ2n) is 3.68. The molecular formula is C12H17F3O3. The molecule has 18 heavy (non-hydrogen) atoms. The van der Waals surface area contributed by atoms with Crippen LogP contribution in [-0.4, -0.2) is 25.5 Å². The summed E-state index contributed by atoms with van der Waals surface area (Å²) in [5.74, 6) is 3.01. The van der Waals surface area contributed by atoms with Gasteiger partial charge >= 0.3 is 12.3 Å². The van der Waals surface area contributed by atoms with E-state index in [9.17, 15) is 18.0 Å².